The number of fused-ring (bicyclic) bond motifs is 1. The van der Waals surface area contributed by atoms with Crippen molar-refractivity contribution in [3.8, 4) is 0 Å². The van der Waals surface area contributed by atoms with E-state index >= 15 is 0 Å². The zero-order chi connectivity index (χ0) is 19.0. The Kier molecular flexibility index (Phi) is 4.85. The highest BCUT2D eigenvalue weighted by molar-refractivity contribution is 6.07. The molecule has 0 bridgehead atoms. The maximum absolute atomic E-state index is 13.5. The van der Waals surface area contributed by atoms with Gasteiger partial charge in [0.05, 0.1) is 11.1 Å². The molecule has 1 aliphatic heterocycles. The van der Waals surface area contributed by atoms with Crippen LogP contribution in [0.5, 0.6) is 0 Å². The molecule has 0 N–H and O–H groups in total. The molecule has 5 heteroatoms. The Balaban J connectivity index is 1.70. The van der Waals surface area contributed by atoms with E-state index in [4.69, 9.17) is 4.98 Å². The van der Waals surface area contributed by atoms with Crippen molar-refractivity contribution in [1.82, 2.24) is 14.8 Å². The Labute approximate surface area is 160 Å². The Morgan fingerprint density at radius 2 is 1.89 bits per heavy atom. The molecule has 5 nitrogen and oxygen atoms in total. The van der Waals surface area contributed by atoms with Crippen molar-refractivity contribution in [2.45, 2.75) is 51.5 Å². The van der Waals surface area contributed by atoms with Gasteiger partial charge >= 0.3 is 0 Å². The van der Waals surface area contributed by atoms with E-state index in [1.54, 1.807) is 4.90 Å². The summed E-state index contributed by atoms with van der Waals surface area (Å²) in [5.41, 5.74) is 2.58. The molecule has 2 aliphatic rings. The second-order valence-electron chi connectivity index (χ2n) is 7.55. The SMILES string of the molecule is CCN(CC)C(=O)C1CCCN1C(=O)c1cc(C2CC2)nc2ccccc12. The molecule has 1 aromatic carbocycles. The van der Waals surface area contributed by atoms with Crippen LogP contribution in [0.1, 0.15) is 61.5 Å². The Bertz CT molecular complexity index is 871. The number of hydrogen-bond donors (Lipinski definition) is 0. The molecule has 4 rings (SSSR count). The molecule has 1 atom stereocenters. The molecule has 2 heterocycles. The van der Waals surface area contributed by atoms with Gasteiger partial charge in [-0.05, 0) is 51.7 Å². The fourth-order valence-corrected chi connectivity index (χ4v) is 4.13. The average Bonchev–Trinajstić information content (AvgIpc) is 3.44. The third kappa shape index (κ3) is 3.31. The van der Waals surface area contributed by atoms with Crippen molar-refractivity contribution in [1.29, 1.82) is 0 Å². The van der Waals surface area contributed by atoms with Gasteiger partial charge in [-0.15, -0.1) is 0 Å². The number of benzene rings is 1. The fourth-order valence-electron chi connectivity index (χ4n) is 4.13. The van der Waals surface area contributed by atoms with Crippen molar-refractivity contribution in [3.05, 3.63) is 41.6 Å². The zero-order valence-corrected chi connectivity index (χ0v) is 16.1. The van der Waals surface area contributed by atoms with Crippen molar-refractivity contribution in [2.24, 2.45) is 0 Å². The summed E-state index contributed by atoms with van der Waals surface area (Å²) in [6, 6.07) is 9.47. The van der Waals surface area contributed by atoms with Crippen molar-refractivity contribution < 1.29 is 9.59 Å². The van der Waals surface area contributed by atoms with Gasteiger partial charge in [-0.2, -0.15) is 0 Å². The molecule has 2 fully saturated rings. The second-order valence-corrected chi connectivity index (χ2v) is 7.55. The molecular weight excluding hydrogens is 338 g/mol. The number of likely N-dealkylation sites (N-methyl/N-ethyl adjacent to an activating group) is 1. The molecule has 1 unspecified atom stereocenters. The molecule has 2 aromatic rings. The number of hydrogen-bond acceptors (Lipinski definition) is 3. The van der Waals surface area contributed by atoms with Gasteiger partial charge in [0.2, 0.25) is 5.91 Å². The van der Waals surface area contributed by atoms with E-state index in [9.17, 15) is 9.59 Å². The molecule has 0 radical (unpaired) electrons. The van der Waals surface area contributed by atoms with Crippen LogP contribution in [0.3, 0.4) is 0 Å². The van der Waals surface area contributed by atoms with Gasteiger partial charge in [0.15, 0.2) is 0 Å². The third-order valence-electron chi connectivity index (χ3n) is 5.84. The minimum atomic E-state index is -0.339. The van der Waals surface area contributed by atoms with Gasteiger partial charge in [0.1, 0.15) is 6.04 Å². The number of carbonyl (C=O) groups excluding carboxylic acids is 2. The number of likely N-dealkylation sites (tertiary alicyclic amines) is 1. The van der Waals surface area contributed by atoms with E-state index in [-0.39, 0.29) is 17.9 Å². The first kappa shape index (κ1) is 18.0. The molecule has 0 spiro atoms. The smallest absolute Gasteiger partial charge is 0.255 e. The molecule has 2 amide bonds. The molecule has 1 aromatic heterocycles. The highest BCUT2D eigenvalue weighted by Crippen LogP contribution is 2.40. The zero-order valence-electron chi connectivity index (χ0n) is 16.1. The summed E-state index contributed by atoms with van der Waals surface area (Å²) in [6.07, 6.45) is 3.92. The highest BCUT2D eigenvalue weighted by Gasteiger charge is 2.37. The van der Waals surface area contributed by atoms with E-state index < -0.39 is 0 Å². The van der Waals surface area contributed by atoms with Crippen molar-refractivity contribution >= 4 is 22.7 Å². The van der Waals surface area contributed by atoms with Crippen LogP contribution in [0.15, 0.2) is 30.3 Å². The first-order valence-electron chi connectivity index (χ1n) is 10.1. The van der Waals surface area contributed by atoms with Crippen LogP contribution in [0, 0.1) is 0 Å². The topological polar surface area (TPSA) is 53.5 Å². The second kappa shape index (κ2) is 7.29. The van der Waals surface area contributed by atoms with Crippen LogP contribution in [0.25, 0.3) is 10.9 Å². The predicted octanol–water partition coefficient (Wildman–Crippen LogP) is 3.59. The summed E-state index contributed by atoms with van der Waals surface area (Å²) in [7, 11) is 0. The summed E-state index contributed by atoms with van der Waals surface area (Å²) < 4.78 is 0. The lowest BCUT2D eigenvalue weighted by Crippen LogP contribution is -2.47. The molecule has 1 saturated carbocycles. The number of amides is 2. The van der Waals surface area contributed by atoms with Gasteiger partial charge in [0, 0.05) is 36.6 Å². The summed E-state index contributed by atoms with van der Waals surface area (Å²) in [4.78, 5) is 34.8. The average molecular weight is 365 g/mol. The maximum atomic E-state index is 13.5. The third-order valence-corrected chi connectivity index (χ3v) is 5.84. The standard InChI is InChI=1S/C22H27N3O2/c1-3-24(4-2)22(27)20-10-7-13-25(20)21(26)17-14-19(15-11-12-15)23-18-9-6-5-8-16(17)18/h5-6,8-9,14-15,20H,3-4,7,10-13H2,1-2H3. The molecule has 1 saturated heterocycles. The minimum absolute atomic E-state index is 0.0292. The summed E-state index contributed by atoms with van der Waals surface area (Å²) in [6.45, 7) is 5.98. The largest absolute Gasteiger partial charge is 0.341 e. The van der Waals surface area contributed by atoms with Crippen LogP contribution in [0.2, 0.25) is 0 Å². The number of carbonyl (C=O) groups is 2. The van der Waals surface area contributed by atoms with Gasteiger partial charge in [-0.1, -0.05) is 18.2 Å². The highest BCUT2D eigenvalue weighted by atomic mass is 16.2. The van der Waals surface area contributed by atoms with E-state index in [1.165, 1.54) is 0 Å². The monoisotopic (exact) mass is 365 g/mol. The summed E-state index contributed by atoms with van der Waals surface area (Å²) >= 11 is 0. The van der Waals surface area contributed by atoms with Crippen LogP contribution in [0.4, 0.5) is 0 Å². The first-order chi connectivity index (χ1) is 13.1. The van der Waals surface area contributed by atoms with E-state index in [1.807, 2.05) is 49.1 Å². The summed E-state index contributed by atoms with van der Waals surface area (Å²) in [5, 5.41) is 0.882. The lowest BCUT2D eigenvalue weighted by Gasteiger charge is -2.29. The van der Waals surface area contributed by atoms with Gasteiger partial charge in [-0.25, -0.2) is 0 Å². The lowest BCUT2D eigenvalue weighted by molar-refractivity contribution is -0.134. The first-order valence-corrected chi connectivity index (χ1v) is 10.1. The number of aromatic nitrogens is 1. The van der Waals surface area contributed by atoms with Crippen molar-refractivity contribution in [3.63, 3.8) is 0 Å². The van der Waals surface area contributed by atoms with Crippen LogP contribution in [-0.4, -0.2) is 52.3 Å². The lowest BCUT2D eigenvalue weighted by atomic mass is 10.0. The molecule has 1 aliphatic carbocycles. The van der Waals surface area contributed by atoms with Crippen molar-refractivity contribution in [2.75, 3.05) is 19.6 Å². The van der Waals surface area contributed by atoms with Gasteiger partial charge < -0.3 is 9.80 Å². The summed E-state index contributed by atoms with van der Waals surface area (Å²) in [5.74, 6) is 0.526. The Morgan fingerprint density at radius 1 is 1.15 bits per heavy atom. The Morgan fingerprint density at radius 3 is 2.59 bits per heavy atom. The quantitative estimate of drug-likeness (QED) is 0.814. The number of para-hydroxylation sites is 1. The Hall–Kier alpha value is -2.43. The normalized spacial score (nSPS) is 19.5. The molecule has 27 heavy (non-hydrogen) atoms. The van der Waals surface area contributed by atoms with Crippen LogP contribution in [-0.2, 0) is 4.79 Å². The van der Waals surface area contributed by atoms with E-state index in [2.05, 4.69) is 0 Å². The van der Waals surface area contributed by atoms with Gasteiger partial charge in [-0.3, -0.25) is 14.6 Å². The van der Waals surface area contributed by atoms with Crippen LogP contribution < -0.4 is 0 Å². The number of pyridine rings is 1. The number of nitrogens with zero attached hydrogens (tertiary/aromatic N) is 3. The predicted molar refractivity (Wildman–Crippen MR) is 106 cm³/mol. The maximum Gasteiger partial charge on any atom is 0.255 e. The van der Waals surface area contributed by atoms with Crippen LogP contribution >= 0.6 is 0 Å². The fraction of sp³-hybridized carbons (Fsp3) is 0.500. The van der Waals surface area contributed by atoms with E-state index in [0.29, 0.717) is 31.1 Å². The van der Waals surface area contributed by atoms with E-state index in [0.717, 1.165) is 42.3 Å². The molecular formula is C22H27N3O2. The molecule has 142 valence electrons. The minimum Gasteiger partial charge on any atom is -0.341 e. The van der Waals surface area contributed by atoms with Gasteiger partial charge in [0.25, 0.3) is 5.91 Å². The number of rotatable bonds is 5.